The molecule has 0 aliphatic carbocycles. The molecule has 0 aliphatic rings. The number of halogens is 1. The molecular weight excluding hydrogens is 546 g/mol. The van der Waals surface area contributed by atoms with Crippen molar-refractivity contribution in [3.63, 3.8) is 0 Å². The summed E-state index contributed by atoms with van der Waals surface area (Å²) >= 11 is 7.52. The number of rotatable bonds is 13. The van der Waals surface area contributed by atoms with Crippen LogP contribution in [0.15, 0.2) is 83.3 Å². The standard InChI is InChI=1S/C32H32ClNO5S/c1-21-5-3-4-6-26(21)28-19-22(7-13-27(28)31(35)34-29(32(36)37)16-18-40-2)20-38-17-15-25-12-14-30(39-25)23-8-10-24(33)11-9-23/h3-14,19,29H,15-18,20H2,1-2H3,(H,34,35)(H,36,37)/t29-/m0/s1. The average Bonchev–Trinajstić information content (AvgIpc) is 3.42. The van der Waals surface area contributed by atoms with Crippen molar-refractivity contribution < 1.29 is 23.8 Å². The van der Waals surface area contributed by atoms with E-state index in [2.05, 4.69) is 5.32 Å². The van der Waals surface area contributed by atoms with Gasteiger partial charge < -0.3 is 19.6 Å². The number of thioether (sulfide) groups is 1. The molecule has 40 heavy (non-hydrogen) atoms. The van der Waals surface area contributed by atoms with E-state index in [9.17, 15) is 14.7 Å². The van der Waals surface area contributed by atoms with Gasteiger partial charge in [-0.3, -0.25) is 4.79 Å². The Morgan fingerprint density at radius 1 is 1.02 bits per heavy atom. The number of aliphatic carboxylic acids is 1. The van der Waals surface area contributed by atoms with Gasteiger partial charge in [-0.15, -0.1) is 0 Å². The molecule has 0 spiro atoms. The molecule has 2 N–H and O–H groups in total. The van der Waals surface area contributed by atoms with Crippen LogP contribution in [0.5, 0.6) is 0 Å². The number of furan rings is 1. The lowest BCUT2D eigenvalue weighted by Gasteiger charge is -2.17. The third kappa shape index (κ3) is 7.78. The summed E-state index contributed by atoms with van der Waals surface area (Å²) in [5.41, 5.74) is 4.97. The van der Waals surface area contributed by atoms with Crippen molar-refractivity contribution in [2.45, 2.75) is 32.4 Å². The smallest absolute Gasteiger partial charge is 0.326 e. The number of carbonyl (C=O) groups excluding carboxylic acids is 1. The van der Waals surface area contributed by atoms with E-state index < -0.39 is 17.9 Å². The number of benzene rings is 3. The van der Waals surface area contributed by atoms with Crippen LogP contribution in [-0.4, -0.2) is 41.6 Å². The number of amides is 1. The molecule has 8 heteroatoms. The van der Waals surface area contributed by atoms with Gasteiger partial charge in [-0.2, -0.15) is 11.8 Å². The van der Waals surface area contributed by atoms with Crippen LogP contribution in [-0.2, 0) is 22.6 Å². The first-order chi connectivity index (χ1) is 19.4. The quantitative estimate of drug-likeness (QED) is 0.162. The highest BCUT2D eigenvalue weighted by molar-refractivity contribution is 7.98. The molecule has 6 nitrogen and oxygen atoms in total. The minimum atomic E-state index is -1.04. The molecule has 4 aromatic rings. The van der Waals surface area contributed by atoms with Crippen LogP contribution in [0.2, 0.25) is 5.02 Å². The summed E-state index contributed by atoms with van der Waals surface area (Å²) in [6.45, 7) is 2.81. The van der Waals surface area contributed by atoms with Gasteiger partial charge in [-0.05, 0) is 96.1 Å². The molecule has 1 amide bonds. The Kier molecular flexibility index (Phi) is 10.5. The molecule has 0 radical (unpaired) electrons. The molecular formula is C32H32ClNO5S. The van der Waals surface area contributed by atoms with Gasteiger partial charge in [0.05, 0.1) is 13.2 Å². The third-order valence-electron chi connectivity index (χ3n) is 6.53. The summed E-state index contributed by atoms with van der Waals surface area (Å²) in [6.07, 6.45) is 2.88. The average molecular weight is 578 g/mol. The zero-order valence-electron chi connectivity index (χ0n) is 22.5. The van der Waals surface area contributed by atoms with Crippen LogP contribution >= 0.6 is 23.4 Å². The Balaban J connectivity index is 1.44. The molecule has 0 saturated heterocycles. The largest absolute Gasteiger partial charge is 0.480 e. The maximum absolute atomic E-state index is 13.2. The van der Waals surface area contributed by atoms with Gasteiger partial charge >= 0.3 is 5.97 Å². The van der Waals surface area contributed by atoms with Gasteiger partial charge in [0.25, 0.3) is 5.91 Å². The fraction of sp³-hybridized carbons (Fsp3) is 0.250. The Labute approximate surface area is 243 Å². The van der Waals surface area contributed by atoms with Crippen molar-refractivity contribution in [2.75, 3.05) is 18.6 Å². The summed E-state index contributed by atoms with van der Waals surface area (Å²) in [5.74, 6) is 0.794. The highest BCUT2D eigenvalue weighted by Gasteiger charge is 2.22. The van der Waals surface area contributed by atoms with Crippen molar-refractivity contribution in [3.8, 4) is 22.5 Å². The number of hydrogen-bond acceptors (Lipinski definition) is 5. The lowest BCUT2D eigenvalue weighted by atomic mass is 9.93. The van der Waals surface area contributed by atoms with E-state index in [0.29, 0.717) is 42.4 Å². The molecule has 1 heterocycles. The first kappa shape index (κ1) is 29.5. The van der Waals surface area contributed by atoms with E-state index in [-0.39, 0.29) is 0 Å². The summed E-state index contributed by atoms with van der Waals surface area (Å²) in [6, 6.07) is 23.8. The number of carboxylic acids is 1. The SMILES string of the molecule is CSCC[C@H](NC(=O)c1ccc(COCCc2ccc(-c3ccc(Cl)cc3)o2)cc1-c1ccccc1C)C(=O)O. The lowest BCUT2D eigenvalue weighted by molar-refractivity contribution is -0.139. The summed E-state index contributed by atoms with van der Waals surface area (Å²) < 4.78 is 11.9. The Hall–Kier alpha value is -3.52. The fourth-order valence-electron chi connectivity index (χ4n) is 4.35. The van der Waals surface area contributed by atoms with E-state index >= 15 is 0 Å². The zero-order chi connectivity index (χ0) is 28.5. The van der Waals surface area contributed by atoms with Crippen LogP contribution in [0.1, 0.15) is 33.7 Å². The van der Waals surface area contributed by atoms with Crippen LogP contribution in [0.4, 0.5) is 0 Å². The van der Waals surface area contributed by atoms with Gasteiger partial charge in [-0.25, -0.2) is 4.79 Å². The maximum Gasteiger partial charge on any atom is 0.326 e. The van der Waals surface area contributed by atoms with E-state index in [4.69, 9.17) is 20.8 Å². The Bertz CT molecular complexity index is 1450. The van der Waals surface area contributed by atoms with Crippen molar-refractivity contribution in [1.82, 2.24) is 5.32 Å². The number of aryl methyl sites for hydroxylation is 1. The first-order valence-electron chi connectivity index (χ1n) is 13.0. The fourth-order valence-corrected chi connectivity index (χ4v) is 4.95. The summed E-state index contributed by atoms with van der Waals surface area (Å²) in [7, 11) is 0. The molecule has 0 fully saturated rings. The number of carbonyl (C=O) groups is 2. The molecule has 4 rings (SSSR count). The molecule has 0 unspecified atom stereocenters. The highest BCUT2D eigenvalue weighted by Crippen LogP contribution is 2.29. The van der Waals surface area contributed by atoms with Crippen molar-refractivity contribution in [3.05, 3.63) is 106 Å². The van der Waals surface area contributed by atoms with Gasteiger partial charge in [0.15, 0.2) is 0 Å². The van der Waals surface area contributed by atoms with E-state index in [1.807, 2.05) is 86.0 Å². The van der Waals surface area contributed by atoms with Crippen LogP contribution in [0, 0.1) is 6.92 Å². The summed E-state index contributed by atoms with van der Waals surface area (Å²) in [4.78, 5) is 25.0. The molecule has 1 aromatic heterocycles. The lowest BCUT2D eigenvalue weighted by Crippen LogP contribution is -2.41. The van der Waals surface area contributed by atoms with Crippen molar-refractivity contribution >= 4 is 35.2 Å². The van der Waals surface area contributed by atoms with Crippen molar-refractivity contribution in [2.24, 2.45) is 0 Å². The maximum atomic E-state index is 13.2. The predicted octanol–water partition coefficient (Wildman–Crippen LogP) is 7.27. The normalized spacial score (nSPS) is 11.8. The second kappa shape index (κ2) is 14.2. The van der Waals surface area contributed by atoms with Gasteiger partial charge in [0, 0.05) is 22.6 Å². The van der Waals surface area contributed by atoms with Gasteiger partial charge in [-0.1, -0.05) is 41.9 Å². The molecule has 0 aliphatic heterocycles. The Morgan fingerprint density at radius 2 is 1.80 bits per heavy atom. The molecule has 0 saturated carbocycles. The third-order valence-corrected chi connectivity index (χ3v) is 7.43. The Morgan fingerprint density at radius 3 is 2.52 bits per heavy atom. The van der Waals surface area contributed by atoms with Crippen LogP contribution < -0.4 is 5.32 Å². The zero-order valence-corrected chi connectivity index (χ0v) is 24.1. The summed E-state index contributed by atoms with van der Waals surface area (Å²) in [5, 5.41) is 13.0. The highest BCUT2D eigenvalue weighted by atomic mass is 35.5. The van der Waals surface area contributed by atoms with E-state index in [1.54, 1.807) is 17.8 Å². The monoisotopic (exact) mass is 577 g/mol. The topological polar surface area (TPSA) is 88.8 Å². The molecule has 1 atom stereocenters. The minimum absolute atomic E-state index is 0.352. The van der Waals surface area contributed by atoms with Crippen LogP contribution in [0.3, 0.4) is 0 Å². The van der Waals surface area contributed by atoms with Crippen molar-refractivity contribution in [1.29, 1.82) is 0 Å². The number of carboxylic acid groups (broad SMARTS) is 1. The number of ether oxygens (including phenoxy) is 1. The second-order valence-electron chi connectivity index (χ2n) is 9.42. The van der Waals surface area contributed by atoms with Gasteiger partial charge in [0.2, 0.25) is 0 Å². The molecule has 3 aromatic carbocycles. The molecule has 0 bridgehead atoms. The van der Waals surface area contributed by atoms with E-state index in [1.165, 1.54) is 0 Å². The van der Waals surface area contributed by atoms with E-state index in [0.717, 1.165) is 39.3 Å². The number of hydrogen-bond donors (Lipinski definition) is 2. The predicted molar refractivity (Wildman–Crippen MR) is 161 cm³/mol. The van der Waals surface area contributed by atoms with Crippen LogP contribution in [0.25, 0.3) is 22.5 Å². The molecule has 208 valence electrons. The first-order valence-corrected chi connectivity index (χ1v) is 14.8. The minimum Gasteiger partial charge on any atom is -0.480 e. The number of nitrogens with one attached hydrogen (secondary N) is 1. The second-order valence-corrected chi connectivity index (χ2v) is 10.8. The van der Waals surface area contributed by atoms with Gasteiger partial charge in [0.1, 0.15) is 17.6 Å².